The first kappa shape index (κ1) is 21.4. The zero-order valence-electron chi connectivity index (χ0n) is 16.2. The second kappa shape index (κ2) is 9.02. The molecule has 1 N–H and O–H groups in total. The van der Waals surface area contributed by atoms with Gasteiger partial charge in [0.05, 0.1) is 25.0 Å². The van der Waals surface area contributed by atoms with Crippen molar-refractivity contribution in [3.63, 3.8) is 0 Å². The average molecular weight is 439 g/mol. The quantitative estimate of drug-likeness (QED) is 0.747. The Morgan fingerprint density at radius 3 is 2.45 bits per heavy atom. The first-order valence-corrected chi connectivity index (χ1v) is 11.0. The van der Waals surface area contributed by atoms with Crippen molar-refractivity contribution in [3.8, 4) is 11.5 Å². The van der Waals surface area contributed by atoms with E-state index in [1.807, 2.05) is 0 Å². The highest BCUT2D eigenvalue weighted by atomic mass is 35.5. The minimum Gasteiger partial charge on any atom is -0.493 e. The molecule has 3 rings (SSSR count). The second-order valence-electron chi connectivity index (χ2n) is 6.72. The van der Waals surface area contributed by atoms with E-state index < -0.39 is 15.9 Å². The van der Waals surface area contributed by atoms with Gasteiger partial charge in [-0.15, -0.1) is 0 Å². The Hall–Kier alpha value is -2.29. The fourth-order valence-electron chi connectivity index (χ4n) is 3.28. The number of piperidine rings is 1. The largest absolute Gasteiger partial charge is 0.493 e. The summed E-state index contributed by atoms with van der Waals surface area (Å²) in [6.45, 7) is 0.484. The number of methoxy groups -OCH3 is 2. The third-order valence-corrected chi connectivity index (χ3v) is 6.97. The molecule has 7 nitrogen and oxygen atoms in total. The van der Waals surface area contributed by atoms with Crippen molar-refractivity contribution in [1.29, 1.82) is 0 Å². The van der Waals surface area contributed by atoms with Crippen LogP contribution in [0.1, 0.15) is 12.8 Å². The number of benzene rings is 2. The summed E-state index contributed by atoms with van der Waals surface area (Å²) < 4.78 is 37.9. The summed E-state index contributed by atoms with van der Waals surface area (Å²) in [6.07, 6.45) is 1.22. The molecule has 0 bridgehead atoms. The Morgan fingerprint density at radius 1 is 1.10 bits per heavy atom. The number of carbonyl (C=O) groups excluding carboxylic acids is 1. The van der Waals surface area contributed by atoms with E-state index in [-0.39, 0.29) is 17.3 Å². The van der Waals surface area contributed by atoms with Gasteiger partial charge in [0.2, 0.25) is 15.9 Å². The minimum absolute atomic E-state index is 0.105. The monoisotopic (exact) mass is 438 g/mol. The van der Waals surface area contributed by atoms with E-state index in [2.05, 4.69) is 5.32 Å². The normalized spacial score (nSPS) is 17.6. The maximum atomic E-state index is 13.1. The topological polar surface area (TPSA) is 84.9 Å². The molecule has 0 aromatic heterocycles. The van der Waals surface area contributed by atoms with Crippen molar-refractivity contribution < 1.29 is 22.7 Å². The number of nitrogens with one attached hydrogen (secondary N) is 1. The van der Waals surface area contributed by atoms with Gasteiger partial charge in [0.15, 0.2) is 11.5 Å². The number of rotatable bonds is 6. The summed E-state index contributed by atoms with van der Waals surface area (Å²) in [7, 11) is -0.827. The molecule has 0 radical (unpaired) electrons. The molecule has 0 saturated carbocycles. The SMILES string of the molecule is COc1ccc(S(=O)(=O)N2CCCC(C(=O)Nc3ccc(Cl)cc3)C2)cc1OC. The van der Waals surface area contributed by atoms with Gasteiger partial charge < -0.3 is 14.8 Å². The highest BCUT2D eigenvalue weighted by molar-refractivity contribution is 7.89. The number of ether oxygens (including phenoxy) is 2. The molecule has 1 aliphatic heterocycles. The number of nitrogens with zero attached hydrogens (tertiary/aromatic N) is 1. The molecule has 1 aliphatic rings. The highest BCUT2D eigenvalue weighted by Gasteiger charge is 2.33. The lowest BCUT2D eigenvalue weighted by atomic mass is 9.99. The van der Waals surface area contributed by atoms with Gasteiger partial charge in [-0.2, -0.15) is 4.31 Å². The van der Waals surface area contributed by atoms with E-state index in [9.17, 15) is 13.2 Å². The number of carbonyl (C=O) groups is 1. The molecule has 9 heteroatoms. The van der Waals surface area contributed by atoms with E-state index in [0.29, 0.717) is 41.6 Å². The van der Waals surface area contributed by atoms with E-state index in [4.69, 9.17) is 21.1 Å². The second-order valence-corrected chi connectivity index (χ2v) is 9.09. The molecule has 1 atom stereocenters. The van der Waals surface area contributed by atoms with Gasteiger partial charge in [-0.1, -0.05) is 11.6 Å². The number of anilines is 1. The Morgan fingerprint density at radius 2 is 1.79 bits per heavy atom. The van der Waals surface area contributed by atoms with Crippen LogP contribution < -0.4 is 14.8 Å². The van der Waals surface area contributed by atoms with Crippen molar-refractivity contribution >= 4 is 33.2 Å². The molecule has 1 amide bonds. The van der Waals surface area contributed by atoms with Crippen LogP contribution in [-0.2, 0) is 14.8 Å². The van der Waals surface area contributed by atoms with Gasteiger partial charge in [0, 0.05) is 29.9 Å². The zero-order valence-corrected chi connectivity index (χ0v) is 17.8. The Bertz CT molecular complexity index is 979. The summed E-state index contributed by atoms with van der Waals surface area (Å²) in [5, 5.41) is 3.41. The molecule has 156 valence electrons. The van der Waals surface area contributed by atoms with Crippen LogP contribution in [0.15, 0.2) is 47.4 Å². The average Bonchev–Trinajstić information content (AvgIpc) is 2.74. The lowest BCUT2D eigenvalue weighted by Gasteiger charge is -2.31. The number of sulfonamides is 1. The van der Waals surface area contributed by atoms with E-state index in [0.717, 1.165) is 0 Å². The van der Waals surface area contributed by atoms with Gasteiger partial charge in [0.1, 0.15) is 0 Å². The van der Waals surface area contributed by atoms with Crippen LogP contribution >= 0.6 is 11.6 Å². The van der Waals surface area contributed by atoms with Crippen LogP contribution in [0.5, 0.6) is 11.5 Å². The van der Waals surface area contributed by atoms with Gasteiger partial charge in [0.25, 0.3) is 0 Å². The molecule has 1 saturated heterocycles. The fraction of sp³-hybridized carbons (Fsp3) is 0.350. The molecule has 1 fully saturated rings. The van der Waals surface area contributed by atoms with Gasteiger partial charge in [-0.3, -0.25) is 4.79 Å². The van der Waals surface area contributed by atoms with Crippen molar-refractivity contribution in [1.82, 2.24) is 4.31 Å². The van der Waals surface area contributed by atoms with Crippen LogP contribution in [0.25, 0.3) is 0 Å². The summed E-state index contributed by atoms with van der Waals surface area (Å²) in [6, 6.07) is 11.3. The Labute approximate surface area is 175 Å². The lowest BCUT2D eigenvalue weighted by molar-refractivity contribution is -0.120. The highest BCUT2D eigenvalue weighted by Crippen LogP contribution is 2.32. The van der Waals surface area contributed by atoms with Crippen molar-refractivity contribution in [2.24, 2.45) is 5.92 Å². The summed E-state index contributed by atoms with van der Waals surface area (Å²) in [5.74, 6) is 0.141. The summed E-state index contributed by atoms with van der Waals surface area (Å²) in [4.78, 5) is 12.7. The van der Waals surface area contributed by atoms with Gasteiger partial charge in [-0.05, 0) is 49.2 Å². The molecular weight excluding hydrogens is 416 g/mol. The lowest BCUT2D eigenvalue weighted by Crippen LogP contribution is -2.43. The standard InChI is InChI=1S/C20H23ClN2O5S/c1-27-18-10-9-17(12-19(18)28-2)29(25,26)23-11-3-4-14(13-23)20(24)22-16-7-5-15(21)6-8-16/h5-10,12,14H,3-4,11,13H2,1-2H3,(H,22,24). The maximum Gasteiger partial charge on any atom is 0.243 e. The number of hydrogen-bond acceptors (Lipinski definition) is 5. The first-order chi connectivity index (χ1) is 13.8. The van der Waals surface area contributed by atoms with E-state index in [1.54, 1.807) is 30.3 Å². The summed E-state index contributed by atoms with van der Waals surface area (Å²) in [5.41, 5.74) is 0.624. The molecule has 0 spiro atoms. The third kappa shape index (κ3) is 4.83. The van der Waals surface area contributed by atoms with Crippen LogP contribution in [0.4, 0.5) is 5.69 Å². The Balaban J connectivity index is 1.75. The number of hydrogen-bond donors (Lipinski definition) is 1. The predicted molar refractivity (Wildman–Crippen MR) is 111 cm³/mol. The minimum atomic E-state index is -3.76. The maximum absolute atomic E-state index is 13.1. The smallest absolute Gasteiger partial charge is 0.243 e. The van der Waals surface area contributed by atoms with E-state index >= 15 is 0 Å². The van der Waals surface area contributed by atoms with Crippen LogP contribution in [0.2, 0.25) is 5.02 Å². The molecule has 29 heavy (non-hydrogen) atoms. The Kier molecular flexibility index (Phi) is 6.66. The number of halogens is 1. The first-order valence-electron chi connectivity index (χ1n) is 9.13. The number of amides is 1. The van der Waals surface area contributed by atoms with Crippen LogP contribution in [0.3, 0.4) is 0 Å². The van der Waals surface area contributed by atoms with E-state index in [1.165, 1.54) is 30.7 Å². The molecule has 2 aromatic carbocycles. The van der Waals surface area contributed by atoms with Crippen molar-refractivity contribution in [3.05, 3.63) is 47.5 Å². The van der Waals surface area contributed by atoms with Crippen LogP contribution in [0, 0.1) is 5.92 Å². The summed E-state index contributed by atoms with van der Waals surface area (Å²) >= 11 is 5.86. The molecule has 1 unspecified atom stereocenters. The van der Waals surface area contributed by atoms with Gasteiger partial charge >= 0.3 is 0 Å². The predicted octanol–water partition coefficient (Wildman–Crippen LogP) is 3.40. The van der Waals surface area contributed by atoms with Crippen molar-refractivity contribution in [2.75, 3.05) is 32.6 Å². The molecule has 1 heterocycles. The molecule has 2 aromatic rings. The molecular formula is C20H23ClN2O5S. The zero-order chi connectivity index (χ0) is 21.0. The fourth-order valence-corrected chi connectivity index (χ4v) is 4.94. The van der Waals surface area contributed by atoms with Crippen LogP contribution in [-0.4, -0.2) is 45.9 Å². The molecule has 0 aliphatic carbocycles. The van der Waals surface area contributed by atoms with Gasteiger partial charge in [-0.25, -0.2) is 8.42 Å². The third-order valence-electron chi connectivity index (χ3n) is 4.86. The van der Waals surface area contributed by atoms with Crippen molar-refractivity contribution in [2.45, 2.75) is 17.7 Å².